The Balaban J connectivity index is 2.84. The second kappa shape index (κ2) is 7.18. The van der Waals surface area contributed by atoms with Gasteiger partial charge in [-0.1, -0.05) is 12.1 Å². The number of hydrogen-bond acceptors (Lipinski definition) is 5. The van der Waals surface area contributed by atoms with E-state index < -0.39 is 0 Å². The van der Waals surface area contributed by atoms with Crippen molar-refractivity contribution >= 4 is 5.69 Å². The molecule has 0 aliphatic carbocycles. The number of rotatable bonds is 7. The zero-order valence-corrected chi connectivity index (χ0v) is 11.4. The van der Waals surface area contributed by atoms with Crippen molar-refractivity contribution in [3.05, 3.63) is 39.4 Å². The first-order chi connectivity index (χ1) is 8.99. The van der Waals surface area contributed by atoms with Gasteiger partial charge in [0.15, 0.2) is 0 Å². The molecule has 2 N–H and O–H groups in total. The van der Waals surface area contributed by atoms with Gasteiger partial charge in [0.2, 0.25) is 0 Å². The lowest BCUT2D eigenvalue weighted by atomic mass is 10.0. The number of aliphatic hydroxyl groups is 1. The van der Waals surface area contributed by atoms with Crippen LogP contribution in [0.1, 0.15) is 24.1 Å². The Labute approximate surface area is 112 Å². The van der Waals surface area contributed by atoms with E-state index in [-0.39, 0.29) is 29.3 Å². The number of nitro groups is 1. The fraction of sp³-hybridized carbons (Fsp3) is 0.538. The van der Waals surface area contributed by atoms with Gasteiger partial charge in [-0.25, -0.2) is 0 Å². The Hall–Kier alpha value is -1.50. The van der Waals surface area contributed by atoms with Gasteiger partial charge >= 0.3 is 0 Å². The number of ether oxygens (including phenoxy) is 1. The zero-order chi connectivity index (χ0) is 14.4. The molecule has 0 saturated carbocycles. The molecule has 2 atom stereocenters. The van der Waals surface area contributed by atoms with Crippen LogP contribution in [-0.4, -0.2) is 36.4 Å². The van der Waals surface area contributed by atoms with Crippen LogP contribution in [0.4, 0.5) is 5.69 Å². The maximum absolute atomic E-state index is 10.9. The van der Waals surface area contributed by atoms with Gasteiger partial charge in [-0.05, 0) is 19.4 Å². The maximum atomic E-state index is 10.9. The van der Waals surface area contributed by atoms with Crippen LogP contribution in [-0.2, 0) is 4.74 Å². The van der Waals surface area contributed by atoms with Gasteiger partial charge in [0.05, 0.1) is 24.2 Å². The molecule has 0 aliphatic rings. The van der Waals surface area contributed by atoms with E-state index in [1.807, 2.05) is 13.0 Å². The van der Waals surface area contributed by atoms with E-state index in [1.54, 1.807) is 26.2 Å². The first-order valence-corrected chi connectivity index (χ1v) is 6.10. The first-order valence-electron chi connectivity index (χ1n) is 6.10. The summed E-state index contributed by atoms with van der Waals surface area (Å²) in [4.78, 5) is 10.5. The van der Waals surface area contributed by atoms with Gasteiger partial charge < -0.3 is 15.2 Å². The minimum Gasteiger partial charge on any atom is -0.395 e. The normalized spacial score (nSPS) is 14.1. The topological polar surface area (TPSA) is 84.6 Å². The highest BCUT2D eigenvalue weighted by Crippen LogP contribution is 2.23. The Morgan fingerprint density at radius 3 is 2.74 bits per heavy atom. The molecule has 6 nitrogen and oxygen atoms in total. The summed E-state index contributed by atoms with van der Waals surface area (Å²) in [7, 11) is 1.56. The van der Waals surface area contributed by atoms with Crippen molar-refractivity contribution in [1.82, 2.24) is 5.32 Å². The van der Waals surface area contributed by atoms with E-state index in [4.69, 9.17) is 4.74 Å². The molecule has 1 aromatic carbocycles. The summed E-state index contributed by atoms with van der Waals surface area (Å²) in [5.41, 5.74) is 1.56. The number of methoxy groups -OCH3 is 1. The van der Waals surface area contributed by atoms with Gasteiger partial charge in [0.25, 0.3) is 5.69 Å². The quantitative estimate of drug-likeness (QED) is 0.579. The van der Waals surface area contributed by atoms with E-state index in [1.165, 1.54) is 0 Å². The largest absolute Gasteiger partial charge is 0.395 e. The monoisotopic (exact) mass is 268 g/mol. The highest BCUT2D eigenvalue weighted by Gasteiger charge is 2.16. The fourth-order valence-corrected chi connectivity index (χ4v) is 1.90. The SMILES string of the molecule is COCC(CO)NC(C)c1ccc(C)c([N+](=O)[O-])c1. The second-order valence-electron chi connectivity index (χ2n) is 4.53. The van der Waals surface area contributed by atoms with E-state index >= 15 is 0 Å². The summed E-state index contributed by atoms with van der Waals surface area (Å²) >= 11 is 0. The molecule has 0 amide bonds. The summed E-state index contributed by atoms with van der Waals surface area (Å²) in [5, 5.41) is 23.3. The van der Waals surface area contributed by atoms with Crippen molar-refractivity contribution in [2.45, 2.75) is 25.9 Å². The Morgan fingerprint density at radius 1 is 1.53 bits per heavy atom. The van der Waals surface area contributed by atoms with E-state index in [2.05, 4.69) is 5.32 Å². The summed E-state index contributed by atoms with van der Waals surface area (Å²) in [6.07, 6.45) is 0. The first kappa shape index (κ1) is 15.6. The molecule has 106 valence electrons. The number of aliphatic hydroxyl groups excluding tert-OH is 1. The molecular weight excluding hydrogens is 248 g/mol. The summed E-state index contributed by atoms with van der Waals surface area (Å²) in [6.45, 7) is 3.94. The third-order valence-electron chi connectivity index (χ3n) is 3.00. The van der Waals surface area contributed by atoms with Crippen molar-refractivity contribution in [2.24, 2.45) is 0 Å². The van der Waals surface area contributed by atoms with E-state index in [9.17, 15) is 15.2 Å². The second-order valence-corrected chi connectivity index (χ2v) is 4.53. The molecule has 0 bridgehead atoms. The molecule has 0 spiro atoms. The minimum absolute atomic E-state index is 0.0495. The maximum Gasteiger partial charge on any atom is 0.272 e. The lowest BCUT2D eigenvalue weighted by Gasteiger charge is -2.21. The molecule has 0 aliphatic heterocycles. The van der Waals surface area contributed by atoms with E-state index in [0.29, 0.717) is 12.2 Å². The lowest BCUT2D eigenvalue weighted by molar-refractivity contribution is -0.385. The molecule has 19 heavy (non-hydrogen) atoms. The Kier molecular flexibility index (Phi) is 5.88. The summed E-state index contributed by atoms with van der Waals surface area (Å²) in [6, 6.07) is 4.85. The smallest absolute Gasteiger partial charge is 0.272 e. The van der Waals surface area contributed by atoms with Crippen molar-refractivity contribution in [3.63, 3.8) is 0 Å². The molecule has 2 unspecified atom stereocenters. The zero-order valence-electron chi connectivity index (χ0n) is 11.4. The average molecular weight is 268 g/mol. The van der Waals surface area contributed by atoms with Crippen molar-refractivity contribution in [2.75, 3.05) is 20.3 Å². The number of nitrogens with zero attached hydrogens (tertiary/aromatic N) is 1. The molecule has 6 heteroatoms. The fourth-order valence-electron chi connectivity index (χ4n) is 1.90. The molecule has 0 heterocycles. The third-order valence-corrected chi connectivity index (χ3v) is 3.00. The minimum atomic E-state index is -0.385. The van der Waals surface area contributed by atoms with Crippen LogP contribution in [0.3, 0.4) is 0 Å². The van der Waals surface area contributed by atoms with Gasteiger partial charge in [0.1, 0.15) is 0 Å². The molecule has 1 aromatic rings. The van der Waals surface area contributed by atoms with Crippen molar-refractivity contribution in [1.29, 1.82) is 0 Å². The third kappa shape index (κ3) is 4.27. The number of nitro benzene ring substituents is 1. The standard InChI is InChI=1S/C13H20N2O4/c1-9-4-5-11(6-13(9)15(17)18)10(2)14-12(7-16)8-19-3/h4-6,10,12,14,16H,7-8H2,1-3H3. The highest BCUT2D eigenvalue weighted by atomic mass is 16.6. The molecule has 0 radical (unpaired) electrons. The van der Waals surface area contributed by atoms with E-state index in [0.717, 1.165) is 5.56 Å². The number of aryl methyl sites for hydroxylation is 1. The van der Waals surface area contributed by atoms with Crippen LogP contribution >= 0.6 is 0 Å². The van der Waals surface area contributed by atoms with Crippen LogP contribution in [0.5, 0.6) is 0 Å². The number of hydrogen-bond donors (Lipinski definition) is 2. The van der Waals surface area contributed by atoms with Gasteiger partial charge in [0, 0.05) is 24.8 Å². The Morgan fingerprint density at radius 2 is 2.21 bits per heavy atom. The Bertz CT molecular complexity index is 437. The van der Waals surface area contributed by atoms with Crippen LogP contribution in [0.25, 0.3) is 0 Å². The van der Waals surface area contributed by atoms with Crippen LogP contribution in [0.15, 0.2) is 18.2 Å². The van der Waals surface area contributed by atoms with Gasteiger partial charge in [-0.3, -0.25) is 10.1 Å². The van der Waals surface area contributed by atoms with Crippen LogP contribution < -0.4 is 5.32 Å². The molecular formula is C13H20N2O4. The molecule has 0 fully saturated rings. The van der Waals surface area contributed by atoms with Crippen molar-refractivity contribution in [3.8, 4) is 0 Å². The van der Waals surface area contributed by atoms with Crippen LogP contribution in [0, 0.1) is 17.0 Å². The van der Waals surface area contributed by atoms with Gasteiger partial charge in [-0.15, -0.1) is 0 Å². The number of benzene rings is 1. The van der Waals surface area contributed by atoms with Crippen molar-refractivity contribution < 1.29 is 14.8 Å². The lowest BCUT2D eigenvalue weighted by Crippen LogP contribution is -2.38. The van der Waals surface area contributed by atoms with Gasteiger partial charge in [-0.2, -0.15) is 0 Å². The summed E-state index contributed by atoms with van der Waals surface area (Å²) in [5.74, 6) is 0. The molecule has 1 rings (SSSR count). The highest BCUT2D eigenvalue weighted by molar-refractivity contribution is 5.43. The summed E-state index contributed by atoms with van der Waals surface area (Å²) < 4.78 is 4.98. The van der Waals surface area contributed by atoms with Crippen LogP contribution in [0.2, 0.25) is 0 Å². The molecule has 0 aromatic heterocycles. The predicted molar refractivity (Wildman–Crippen MR) is 72.1 cm³/mol. The predicted octanol–water partition coefficient (Wildman–Crippen LogP) is 1.56. The molecule has 0 saturated heterocycles. The average Bonchev–Trinajstić information content (AvgIpc) is 2.38. The number of nitrogens with one attached hydrogen (secondary N) is 1.